The van der Waals surface area contributed by atoms with Gasteiger partial charge in [-0.15, -0.1) is 0 Å². The highest BCUT2D eigenvalue weighted by Gasteiger charge is 2.17. The van der Waals surface area contributed by atoms with Crippen molar-refractivity contribution in [2.45, 2.75) is 38.4 Å². The molecule has 2 N–H and O–H groups in total. The molecule has 0 bridgehead atoms. The van der Waals surface area contributed by atoms with Gasteiger partial charge in [0.25, 0.3) is 0 Å². The maximum Gasteiger partial charge on any atom is 0.221 e. The molecule has 2 rings (SSSR count). The number of carbonyl (C=O) groups excluding carboxylic acids is 1. The Morgan fingerprint density at radius 1 is 1.40 bits per heavy atom. The van der Waals surface area contributed by atoms with E-state index in [4.69, 9.17) is 0 Å². The fraction of sp³-hybridized carbons (Fsp3) is 0.562. The molecule has 0 saturated carbocycles. The first-order chi connectivity index (χ1) is 9.63. The molecular weight excluding hydrogens is 250 g/mol. The van der Waals surface area contributed by atoms with Crippen LogP contribution in [0.2, 0.25) is 0 Å². The maximum absolute atomic E-state index is 11.9. The summed E-state index contributed by atoms with van der Waals surface area (Å²) in [6.45, 7) is 2.59. The second-order valence-electron chi connectivity index (χ2n) is 5.83. The van der Waals surface area contributed by atoms with Gasteiger partial charge in [-0.3, -0.25) is 4.79 Å². The van der Waals surface area contributed by atoms with Crippen molar-refractivity contribution in [1.29, 1.82) is 0 Å². The predicted molar refractivity (Wildman–Crippen MR) is 81.3 cm³/mol. The third-order valence-electron chi connectivity index (χ3n) is 3.57. The lowest BCUT2D eigenvalue weighted by molar-refractivity contribution is -0.121. The van der Waals surface area contributed by atoms with E-state index in [-0.39, 0.29) is 5.91 Å². The molecule has 1 saturated heterocycles. The van der Waals surface area contributed by atoms with E-state index in [2.05, 4.69) is 53.9 Å². The van der Waals surface area contributed by atoms with Gasteiger partial charge < -0.3 is 15.5 Å². The zero-order valence-electron chi connectivity index (χ0n) is 12.5. The van der Waals surface area contributed by atoms with Crippen LogP contribution in [0.1, 0.15) is 30.4 Å². The van der Waals surface area contributed by atoms with E-state index >= 15 is 0 Å². The van der Waals surface area contributed by atoms with E-state index < -0.39 is 0 Å². The number of amides is 1. The molecular formula is C16H25N3O. The van der Waals surface area contributed by atoms with Crippen LogP contribution in [0, 0.1) is 0 Å². The van der Waals surface area contributed by atoms with Gasteiger partial charge in [-0.05, 0) is 44.6 Å². The Hall–Kier alpha value is -1.39. The average Bonchev–Trinajstić information content (AvgIpc) is 2.89. The summed E-state index contributed by atoms with van der Waals surface area (Å²) in [5, 5.41) is 6.36. The summed E-state index contributed by atoms with van der Waals surface area (Å²) in [6, 6.07) is 8.77. The summed E-state index contributed by atoms with van der Waals surface area (Å²) >= 11 is 0. The van der Waals surface area contributed by atoms with Gasteiger partial charge in [0, 0.05) is 25.6 Å². The fourth-order valence-corrected chi connectivity index (χ4v) is 2.63. The summed E-state index contributed by atoms with van der Waals surface area (Å²) in [7, 11) is 4.12. The molecule has 1 heterocycles. The molecule has 1 amide bonds. The molecule has 0 aliphatic carbocycles. The monoisotopic (exact) mass is 275 g/mol. The van der Waals surface area contributed by atoms with Crippen molar-refractivity contribution >= 4 is 5.91 Å². The van der Waals surface area contributed by atoms with E-state index in [9.17, 15) is 4.79 Å². The zero-order valence-corrected chi connectivity index (χ0v) is 12.5. The molecule has 1 atom stereocenters. The van der Waals surface area contributed by atoms with Crippen molar-refractivity contribution in [3.8, 4) is 0 Å². The minimum absolute atomic E-state index is 0.141. The molecule has 4 nitrogen and oxygen atoms in total. The second-order valence-corrected chi connectivity index (χ2v) is 5.83. The van der Waals surface area contributed by atoms with E-state index in [1.54, 1.807) is 0 Å². The molecule has 110 valence electrons. The van der Waals surface area contributed by atoms with Gasteiger partial charge >= 0.3 is 0 Å². The van der Waals surface area contributed by atoms with Gasteiger partial charge in [-0.2, -0.15) is 0 Å². The average molecular weight is 275 g/mol. The maximum atomic E-state index is 11.9. The molecule has 1 aliphatic rings. The van der Waals surface area contributed by atoms with Gasteiger partial charge in [0.15, 0.2) is 0 Å². The lowest BCUT2D eigenvalue weighted by Crippen LogP contribution is -2.31. The summed E-state index contributed by atoms with van der Waals surface area (Å²) in [4.78, 5) is 14.0. The number of hydrogen-bond acceptors (Lipinski definition) is 3. The summed E-state index contributed by atoms with van der Waals surface area (Å²) in [6.07, 6.45) is 2.90. The van der Waals surface area contributed by atoms with Crippen LogP contribution in [-0.2, 0) is 17.9 Å². The highest BCUT2D eigenvalue weighted by Crippen LogP contribution is 2.09. The molecule has 4 heteroatoms. The van der Waals surface area contributed by atoms with Crippen molar-refractivity contribution in [3.05, 3.63) is 35.4 Å². The van der Waals surface area contributed by atoms with Crippen LogP contribution < -0.4 is 10.6 Å². The number of nitrogens with zero attached hydrogens (tertiary/aromatic N) is 1. The van der Waals surface area contributed by atoms with Crippen LogP contribution in [0.3, 0.4) is 0 Å². The highest BCUT2D eigenvalue weighted by atomic mass is 16.1. The number of nitrogens with one attached hydrogen (secondary N) is 2. The third kappa shape index (κ3) is 4.94. The minimum Gasteiger partial charge on any atom is -0.352 e. The Kier molecular flexibility index (Phi) is 5.56. The Bertz CT molecular complexity index is 439. The summed E-state index contributed by atoms with van der Waals surface area (Å²) in [5.74, 6) is 0.141. The highest BCUT2D eigenvalue weighted by molar-refractivity contribution is 5.76. The van der Waals surface area contributed by atoms with Gasteiger partial charge in [-0.25, -0.2) is 0 Å². The lowest BCUT2D eigenvalue weighted by Gasteiger charge is -2.12. The second kappa shape index (κ2) is 7.41. The van der Waals surface area contributed by atoms with Crippen molar-refractivity contribution in [1.82, 2.24) is 15.5 Å². The first-order valence-electron chi connectivity index (χ1n) is 7.36. The predicted octanol–water partition coefficient (Wildman–Crippen LogP) is 1.51. The van der Waals surface area contributed by atoms with Crippen LogP contribution in [0.15, 0.2) is 24.3 Å². The van der Waals surface area contributed by atoms with Crippen molar-refractivity contribution in [2.75, 3.05) is 20.6 Å². The molecule has 0 radical (unpaired) electrons. The molecule has 0 aromatic heterocycles. The molecule has 1 aliphatic heterocycles. The van der Waals surface area contributed by atoms with Crippen LogP contribution in [0.25, 0.3) is 0 Å². The van der Waals surface area contributed by atoms with Crippen molar-refractivity contribution in [2.24, 2.45) is 0 Å². The Balaban J connectivity index is 1.79. The van der Waals surface area contributed by atoms with E-state index in [0.717, 1.165) is 25.1 Å². The van der Waals surface area contributed by atoms with E-state index in [1.807, 2.05) is 0 Å². The van der Waals surface area contributed by atoms with E-state index in [0.29, 0.717) is 19.0 Å². The third-order valence-corrected chi connectivity index (χ3v) is 3.57. The molecule has 1 fully saturated rings. The van der Waals surface area contributed by atoms with Gasteiger partial charge in [0.05, 0.1) is 0 Å². The Morgan fingerprint density at radius 2 is 2.20 bits per heavy atom. The zero-order chi connectivity index (χ0) is 14.4. The molecule has 1 aromatic carbocycles. The fourth-order valence-electron chi connectivity index (χ4n) is 2.63. The first kappa shape index (κ1) is 15.0. The van der Waals surface area contributed by atoms with Gasteiger partial charge in [0.1, 0.15) is 0 Å². The molecule has 1 unspecified atom stereocenters. The minimum atomic E-state index is 0.141. The first-order valence-corrected chi connectivity index (χ1v) is 7.36. The van der Waals surface area contributed by atoms with Crippen molar-refractivity contribution < 1.29 is 4.79 Å². The van der Waals surface area contributed by atoms with Crippen LogP contribution in [0.4, 0.5) is 0 Å². The normalized spacial score (nSPS) is 18.4. The van der Waals surface area contributed by atoms with E-state index in [1.165, 1.54) is 12.0 Å². The lowest BCUT2D eigenvalue weighted by atomic mass is 10.1. The quantitative estimate of drug-likeness (QED) is 0.827. The SMILES string of the molecule is CN(C)Cc1cccc(CNC(=O)CC2CCCN2)c1. The Morgan fingerprint density at radius 3 is 2.90 bits per heavy atom. The molecule has 0 spiro atoms. The van der Waals surface area contributed by atoms with Gasteiger partial charge in [-0.1, -0.05) is 24.3 Å². The smallest absolute Gasteiger partial charge is 0.221 e. The van der Waals surface area contributed by atoms with Crippen LogP contribution in [-0.4, -0.2) is 37.5 Å². The summed E-state index contributed by atoms with van der Waals surface area (Å²) < 4.78 is 0. The number of carbonyl (C=O) groups is 1. The van der Waals surface area contributed by atoms with Gasteiger partial charge in [0.2, 0.25) is 5.91 Å². The van der Waals surface area contributed by atoms with Crippen LogP contribution in [0.5, 0.6) is 0 Å². The number of hydrogen-bond donors (Lipinski definition) is 2. The number of benzene rings is 1. The summed E-state index contributed by atoms with van der Waals surface area (Å²) in [5.41, 5.74) is 2.44. The van der Waals surface area contributed by atoms with Crippen molar-refractivity contribution in [3.63, 3.8) is 0 Å². The standard InChI is InChI=1S/C16H25N3O/c1-19(2)12-14-6-3-5-13(9-14)11-18-16(20)10-15-7-4-8-17-15/h3,5-6,9,15,17H,4,7-8,10-12H2,1-2H3,(H,18,20). The molecule has 20 heavy (non-hydrogen) atoms. The topological polar surface area (TPSA) is 44.4 Å². The Labute approximate surface area is 121 Å². The van der Waals surface area contributed by atoms with Crippen LogP contribution >= 0.6 is 0 Å². The molecule has 1 aromatic rings. The number of rotatable bonds is 6. The largest absolute Gasteiger partial charge is 0.352 e.